The monoisotopic (exact) mass is 355 g/mol. The fourth-order valence-electron chi connectivity index (χ4n) is 3.03. The SMILES string of the molecule is CCOc1cc(C(=O)Nc2ccc3c(c2)CCC3)ccc1OCC(=O)O. The maximum Gasteiger partial charge on any atom is 0.341 e. The summed E-state index contributed by atoms with van der Waals surface area (Å²) in [6.07, 6.45) is 3.30. The molecule has 0 unspecified atom stereocenters. The molecule has 0 saturated heterocycles. The first kappa shape index (κ1) is 17.8. The smallest absolute Gasteiger partial charge is 0.341 e. The highest BCUT2D eigenvalue weighted by Gasteiger charge is 2.15. The van der Waals surface area contributed by atoms with E-state index in [0.29, 0.717) is 23.7 Å². The van der Waals surface area contributed by atoms with Gasteiger partial charge in [0.15, 0.2) is 18.1 Å². The summed E-state index contributed by atoms with van der Waals surface area (Å²) >= 11 is 0. The summed E-state index contributed by atoms with van der Waals surface area (Å²) in [4.78, 5) is 23.2. The van der Waals surface area contributed by atoms with Gasteiger partial charge in [0.2, 0.25) is 0 Å². The van der Waals surface area contributed by atoms with Gasteiger partial charge in [-0.15, -0.1) is 0 Å². The van der Waals surface area contributed by atoms with E-state index in [2.05, 4.69) is 11.4 Å². The standard InChI is InChI=1S/C20H21NO5/c1-2-25-18-11-15(7-9-17(18)26-12-19(22)23)20(24)21-16-8-6-13-4-3-5-14(13)10-16/h6-11H,2-5,12H2,1H3,(H,21,24)(H,22,23). The lowest BCUT2D eigenvalue weighted by Crippen LogP contribution is -2.13. The van der Waals surface area contributed by atoms with Gasteiger partial charge in [-0.05, 0) is 67.6 Å². The van der Waals surface area contributed by atoms with Crippen LogP contribution in [0.3, 0.4) is 0 Å². The summed E-state index contributed by atoms with van der Waals surface area (Å²) in [5.74, 6) is -0.696. The van der Waals surface area contributed by atoms with Gasteiger partial charge < -0.3 is 19.9 Å². The molecule has 0 aliphatic heterocycles. The number of aryl methyl sites for hydroxylation is 2. The summed E-state index contributed by atoms with van der Waals surface area (Å²) in [6, 6.07) is 10.7. The summed E-state index contributed by atoms with van der Waals surface area (Å²) in [5.41, 5.74) is 3.81. The van der Waals surface area contributed by atoms with Gasteiger partial charge in [-0.2, -0.15) is 0 Å². The number of aliphatic carboxylic acids is 1. The summed E-state index contributed by atoms with van der Waals surface area (Å²) in [7, 11) is 0. The molecule has 0 heterocycles. The van der Waals surface area contributed by atoms with Gasteiger partial charge in [-0.25, -0.2) is 4.79 Å². The van der Waals surface area contributed by atoms with Crippen LogP contribution in [0.2, 0.25) is 0 Å². The van der Waals surface area contributed by atoms with Crippen LogP contribution >= 0.6 is 0 Å². The molecule has 6 heteroatoms. The summed E-state index contributed by atoms with van der Waals surface area (Å²) in [5, 5.41) is 11.6. The average molecular weight is 355 g/mol. The van der Waals surface area contributed by atoms with Crippen LogP contribution in [0.15, 0.2) is 36.4 Å². The van der Waals surface area contributed by atoms with Gasteiger partial charge in [0.1, 0.15) is 0 Å². The highest BCUT2D eigenvalue weighted by Crippen LogP contribution is 2.29. The highest BCUT2D eigenvalue weighted by atomic mass is 16.5. The number of carboxylic acid groups (broad SMARTS) is 1. The number of carbonyl (C=O) groups excluding carboxylic acids is 1. The Labute approximate surface area is 151 Å². The van der Waals surface area contributed by atoms with Crippen molar-refractivity contribution in [1.29, 1.82) is 0 Å². The number of rotatable bonds is 7. The van der Waals surface area contributed by atoms with E-state index in [4.69, 9.17) is 14.6 Å². The van der Waals surface area contributed by atoms with Gasteiger partial charge in [-0.3, -0.25) is 4.79 Å². The Hall–Kier alpha value is -3.02. The normalized spacial score (nSPS) is 12.3. The van der Waals surface area contributed by atoms with Crippen molar-refractivity contribution in [2.24, 2.45) is 0 Å². The quantitative estimate of drug-likeness (QED) is 0.796. The fraction of sp³-hybridized carbons (Fsp3) is 0.300. The third kappa shape index (κ3) is 4.14. The van der Waals surface area contributed by atoms with Crippen LogP contribution in [0, 0.1) is 0 Å². The van der Waals surface area contributed by atoms with Gasteiger partial charge in [0.05, 0.1) is 6.61 Å². The van der Waals surface area contributed by atoms with Crippen LogP contribution in [0.25, 0.3) is 0 Å². The van der Waals surface area contributed by atoms with Gasteiger partial charge in [0, 0.05) is 11.3 Å². The molecular weight excluding hydrogens is 334 g/mol. The molecule has 2 aromatic carbocycles. The van der Waals surface area contributed by atoms with Crippen molar-refractivity contribution in [3.63, 3.8) is 0 Å². The molecule has 6 nitrogen and oxygen atoms in total. The Kier molecular flexibility index (Phi) is 5.41. The van der Waals surface area contributed by atoms with Crippen molar-refractivity contribution in [1.82, 2.24) is 0 Å². The molecule has 0 bridgehead atoms. The second kappa shape index (κ2) is 7.91. The van der Waals surface area contributed by atoms with E-state index >= 15 is 0 Å². The minimum atomic E-state index is -1.08. The van der Waals surface area contributed by atoms with Crippen molar-refractivity contribution < 1.29 is 24.2 Å². The second-order valence-electron chi connectivity index (χ2n) is 6.07. The molecular formula is C20H21NO5. The number of nitrogens with one attached hydrogen (secondary N) is 1. The molecule has 0 radical (unpaired) electrons. The van der Waals surface area contributed by atoms with Gasteiger partial charge >= 0.3 is 5.97 Å². The van der Waals surface area contributed by atoms with E-state index in [1.165, 1.54) is 11.1 Å². The largest absolute Gasteiger partial charge is 0.490 e. The fourth-order valence-corrected chi connectivity index (χ4v) is 3.03. The minimum absolute atomic E-state index is 0.256. The lowest BCUT2D eigenvalue weighted by molar-refractivity contribution is -0.139. The topological polar surface area (TPSA) is 84.9 Å². The third-order valence-electron chi connectivity index (χ3n) is 4.21. The predicted molar refractivity (Wildman–Crippen MR) is 97.2 cm³/mol. The lowest BCUT2D eigenvalue weighted by Gasteiger charge is -2.13. The first-order valence-corrected chi connectivity index (χ1v) is 8.61. The van der Waals surface area contributed by atoms with Crippen LogP contribution in [0.1, 0.15) is 34.8 Å². The van der Waals surface area contributed by atoms with Crippen LogP contribution < -0.4 is 14.8 Å². The highest BCUT2D eigenvalue weighted by molar-refractivity contribution is 6.04. The van der Waals surface area contributed by atoms with Gasteiger partial charge in [-0.1, -0.05) is 6.07 Å². The van der Waals surface area contributed by atoms with E-state index < -0.39 is 12.6 Å². The number of ether oxygens (including phenoxy) is 2. The maximum atomic E-state index is 12.5. The Morgan fingerprint density at radius 2 is 1.85 bits per heavy atom. The zero-order valence-corrected chi connectivity index (χ0v) is 14.6. The molecule has 0 atom stereocenters. The maximum absolute atomic E-state index is 12.5. The predicted octanol–water partition coefficient (Wildman–Crippen LogP) is 3.29. The number of fused-ring (bicyclic) bond motifs is 1. The molecule has 2 N–H and O–H groups in total. The number of carbonyl (C=O) groups is 2. The second-order valence-corrected chi connectivity index (χ2v) is 6.07. The molecule has 2 aromatic rings. The van der Waals surface area contributed by atoms with Crippen LogP contribution in [0.5, 0.6) is 11.5 Å². The van der Waals surface area contributed by atoms with E-state index in [1.807, 2.05) is 12.1 Å². The number of benzene rings is 2. The molecule has 26 heavy (non-hydrogen) atoms. The Balaban J connectivity index is 1.76. The lowest BCUT2D eigenvalue weighted by atomic mass is 10.1. The minimum Gasteiger partial charge on any atom is -0.490 e. The summed E-state index contributed by atoms with van der Waals surface area (Å²) in [6.45, 7) is 1.71. The van der Waals surface area contributed by atoms with Gasteiger partial charge in [0.25, 0.3) is 5.91 Å². The third-order valence-corrected chi connectivity index (χ3v) is 4.21. The molecule has 0 aromatic heterocycles. The van der Waals surface area contributed by atoms with E-state index in [9.17, 15) is 9.59 Å². The van der Waals surface area contributed by atoms with Crippen molar-refractivity contribution >= 4 is 17.6 Å². The zero-order valence-electron chi connectivity index (χ0n) is 14.6. The van der Waals surface area contributed by atoms with Crippen molar-refractivity contribution in [3.05, 3.63) is 53.1 Å². The molecule has 3 rings (SSSR count). The zero-order chi connectivity index (χ0) is 18.5. The number of hydrogen-bond donors (Lipinski definition) is 2. The first-order valence-electron chi connectivity index (χ1n) is 8.61. The molecule has 1 aliphatic carbocycles. The molecule has 1 amide bonds. The van der Waals surface area contributed by atoms with Crippen molar-refractivity contribution in [2.75, 3.05) is 18.5 Å². The van der Waals surface area contributed by atoms with E-state index in [-0.39, 0.29) is 5.91 Å². The van der Waals surface area contributed by atoms with Crippen molar-refractivity contribution in [2.45, 2.75) is 26.2 Å². The number of anilines is 1. The van der Waals surface area contributed by atoms with Crippen LogP contribution in [-0.2, 0) is 17.6 Å². The number of carboxylic acids is 1. The molecule has 0 fully saturated rings. The average Bonchev–Trinajstić information content (AvgIpc) is 3.08. The Morgan fingerprint density at radius 3 is 2.62 bits per heavy atom. The molecule has 136 valence electrons. The molecule has 1 aliphatic rings. The van der Waals surface area contributed by atoms with E-state index in [0.717, 1.165) is 24.9 Å². The van der Waals surface area contributed by atoms with E-state index in [1.54, 1.807) is 25.1 Å². The summed E-state index contributed by atoms with van der Waals surface area (Å²) < 4.78 is 10.7. The Bertz CT molecular complexity index is 831. The number of amides is 1. The first-order chi connectivity index (χ1) is 12.6. The molecule has 0 spiro atoms. The van der Waals surface area contributed by atoms with Crippen molar-refractivity contribution in [3.8, 4) is 11.5 Å². The van der Waals surface area contributed by atoms with Crippen LogP contribution in [0.4, 0.5) is 5.69 Å². The van der Waals surface area contributed by atoms with Crippen LogP contribution in [-0.4, -0.2) is 30.2 Å². The number of hydrogen-bond acceptors (Lipinski definition) is 4. The molecule has 0 saturated carbocycles. The Morgan fingerprint density at radius 1 is 1.04 bits per heavy atom.